The number of ether oxygens (including phenoxy) is 1. The SMILES string of the molecule is Cc1ncsc1-c1ccc(CNC(=O)[C@@H]2C[C@@H](O)CN2C(=O)[C@@H](NC(=O)COCCNCCCONC(=O)c2ccc(F)c(F)c2Nc2ccc(I)cc2F)C(C)(C)C)cc1. The predicted molar refractivity (Wildman–Crippen MR) is 232 cm³/mol. The first kappa shape index (κ1) is 47.4. The van der Waals surface area contributed by atoms with Crippen LogP contribution >= 0.6 is 33.9 Å². The van der Waals surface area contributed by atoms with Crippen LogP contribution in [-0.4, -0.2) is 96.3 Å². The van der Waals surface area contributed by atoms with Crippen LogP contribution in [0, 0.1) is 33.4 Å². The molecule has 19 heteroatoms. The average molecular weight is 980 g/mol. The van der Waals surface area contributed by atoms with E-state index in [0.717, 1.165) is 33.8 Å². The molecule has 4 amide bonds. The lowest BCUT2D eigenvalue weighted by atomic mass is 9.85. The van der Waals surface area contributed by atoms with Crippen molar-refractivity contribution in [1.29, 1.82) is 0 Å². The molecule has 1 aliphatic rings. The molecule has 0 spiro atoms. The Kier molecular flexibility index (Phi) is 17.0. The van der Waals surface area contributed by atoms with E-state index in [1.54, 1.807) is 43.7 Å². The quantitative estimate of drug-likeness (QED) is 0.0407. The van der Waals surface area contributed by atoms with Crippen molar-refractivity contribution in [1.82, 2.24) is 31.3 Å². The topological polar surface area (TPSA) is 183 Å². The van der Waals surface area contributed by atoms with Crippen LogP contribution in [0.4, 0.5) is 24.5 Å². The van der Waals surface area contributed by atoms with Crippen LogP contribution in [0.3, 0.4) is 0 Å². The van der Waals surface area contributed by atoms with E-state index in [1.807, 2.05) is 53.8 Å². The summed E-state index contributed by atoms with van der Waals surface area (Å²) in [6.07, 6.45) is -0.408. The van der Waals surface area contributed by atoms with Crippen LogP contribution < -0.4 is 26.7 Å². The maximum absolute atomic E-state index is 14.7. The van der Waals surface area contributed by atoms with E-state index in [2.05, 4.69) is 31.7 Å². The second-order valence-electron chi connectivity index (χ2n) is 15.4. The van der Waals surface area contributed by atoms with Gasteiger partial charge < -0.3 is 36.0 Å². The van der Waals surface area contributed by atoms with Gasteiger partial charge in [0.1, 0.15) is 24.5 Å². The third-order valence-electron chi connectivity index (χ3n) is 9.66. The summed E-state index contributed by atoms with van der Waals surface area (Å²) in [7, 11) is 0. The first-order valence-electron chi connectivity index (χ1n) is 19.5. The summed E-state index contributed by atoms with van der Waals surface area (Å²) < 4.78 is 49.2. The van der Waals surface area contributed by atoms with Crippen molar-refractivity contribution in [2.75, 3.05) is 44.8 Å². The van der Waals surface area contributed by atoms with E-state index >= 15 is 0 Å². The number of aliphatic hydroxyl groups excluding tert-OH is 1. The summed E-state index contributed by atoms with van der Waals surface area (Å²) in [6.45, 7) is 8.18. The van der Waals surface area contributed by atoms with Gasteiger partial charge in [0.05, 0.1) is 52.3 Å². The molecule has 3 aromatic carbocycles. The highest BCUT2D eigenvalue weighted by atomic mass is 127. The standard InChI is InChI=1S/C42H49F3IN7O7S/c1-24-37(61-23-49-24)26-8-6-25(7-9-26)20-48-40(57)33-19-28(54)21-53(33)41(58)38(42(2,3)4)51-34(55)22-59-17-15-47-14-5-16-60-52-39(56)29-11-12-30(43)35(45)36(29)50-32-13-10-27(46)18-31(32)44/h6-13,18,23,28,33,38,47,50,54H,5,14-17,19-22H2,1-4H3,(H,48,57)(H,51,55)(H,52,56)/t28-,33+,38-/m1/s1. The number of likely N-dealkylation sites (tertiary alicyclic amines) is 1. The molecule has 1 saturated heterocycles. The zero-order valence-electron chi connectivity index (χ0n) is 34.1. The van der Waals surface area contributed by atoms with Crippen molar-refractivity contribution < 1.29 is 47.0 Å². The Hall–Kier alpha value is -4.67. The van der Waals surface area contributed by atoms with E-state index in [1.165, 1.54) is 17.0 Å². The number of hydrogen-bond acceptors (Lipinski definition) is 11. The lowest BCUT2D eigenvalue weighted by molar-refractivity contribution is -0.144. The molecule has 1 aromatic heterocycles. The molecule has 0 aliphatic carbocycles. The Morgan fingerprint density at radius 1 is 1.02 bits per heavy atom. The van der Waals surface area contributed by atoms with E-state index in [9.17, 15) is 37.5 Å². The van der Waals surface area contributed by atoms with Gasteiger partial charge in [-0.05, 0) is 89.4 Å². The summed E-state index contributed by atoms with van der Waals surface area (Å²) in [5, 5.41) is 21.7. The van der Waals surface area contributed by atoms with Crippen molar-refractivity contribution in [3.63, 3.8) is 0 Å². The molecular weight excluding hydrogens is 930 g/mol. The first-order valence-corrected chi connectivity index (χ1v) is 21.4. The molecule has 61 heavy (non-hydrogen) atoms. The lowest BCUT2D eigenvalue weighted by Gasteiger charge is -2.35. The molecule has 0 radical (unpaired) electrons. The van der Waals surface area contributed by atoms with Crippen LogP contribution in [0.2, 0.25) is 0 Å². The number of anilines is 2. The minimum atomic E-state index is -1.35. The Balaban J connectivity index is 1.00. The molecule has 2 heterocycles. The second kappa shape index (κ2) is 21.9. The fourth-order valence-electron chi connectivity index (χ4n) is 6.45. The number of amides is 4. The van der Waals surface area contributed by atoms with E-state index in [0.29, 0.717) is 23.1 Å². The lowest BCUT2D eigenvalue weighted by Crippen LogP contribution is -2.58. The predicted octanol–water partition coefficient (Wildman–Crippen LogP) is 5.35. The second-order valence-corrected chi connectivity index (χ2v) is 17.5. The summed E-state index contributed by atoms with van der Waals surface area (Å²) in [5.74, 6) is -5.58. The molecular formula is C42H49F3IN7O7S. The highest BCUT2D eigenvalue weighted by molar-refractivity contribution is 14.1. The number of nitrogens with zero attached hydrogens (tertiary/aromatic N) is 2. The van der Waals surface area contributed by atoms with Crippen LogP contribution in [-0.2, 0) is 30.5 Å². The summed E-state index contributed by atoms with van der Waals surface area (Å²) in [4.78, 5) is 64.8. The maximum atomic E-state index is 14.7. The number of rotatable bonds is 19. The number of hydroxylamine groups is 1. The molecule has 0 saturated carbocycles. The van der Waals surface area contributed by atoms with E-state index in [4.69, 9.17) is 9.57 Å². The molecule has 1 aliphatic heterocycles. The highest BCUT2D eigenvalue weighted by Gasteiger charge is 2.44. The summed E-state index contributed by atoms with van der Waals surface area (Å²) >= 11 is 3.46. The fourth-order valence-corrected chi connectivity index (χ4v) is 7.71. The number of thiazole rings is 1. The van der Waals surface area contributed by atoms with Gasteiger partial charge >= 0.3 is 0 Å². The molecule has 3 atom stereocenters. The van der Waals surface area contributed by atoms with E-state index in [-0.39, 0.29) is 50.6 Å². The minimum absolute atomic E-state index is 0.0505. The zero-order chi connectivity index (χ0) is 44.3. The van der Waals surface area contributed by atoms with Crippen molar-refractivity contribution in [3.8, 4) is 10.4 Å². The first-order chi connectivity index (χ1) is 29.0. The third-order valence-corrected chi connectivity index (χ3v) is 11.3. The van der Waals surface area contributed by atoms with Gasteiger partial charge in [-0.1, -0.05) is 45.0 Å². The molecule has 0 unspecified atom stereocenters. The normalized spacial score (nSPS) is 15.7. The largest absolute Gasteiger partial charge is 0.391 e. The van der Waals surface area contributed by atoms with Gasteiger partial charge in [-0.15, -0.1) is 11.3 Å². The molecule has 6 N–H and O–H groups in total. The minimum Gasteiger partial charge on any atom is -0.391 e. The Morgan fingerprint density at radius 2 is 1.77 bits per heavy atom. The molecule has 1 fully saturated rings. The number of aromatic nitrogens is 1. The van der Waals surface area contributed by atoms with Crippen molar-refractivity contribution >= 4 is 68.9 Å². The number of aryl methyl sites for hydroxylation is 1. The number of nitrogens with one attached hydrogen (secondary N) is 5. The van der Waals surface area contributed by atoms with Crippen molar-refractivity contribution in [2.24, 2.45) is 5.41 Å². The van der Waals surface area contributed by atoms with Crippen LogP contribution in [0.25, 0.3) is 10.4 Å². The highest BCUT2D eigenvalue weighted by Crippen LogP contribution is 2.30. The van der Waals surface area contributed by atoms with Gasteiger partial charge in [0, 0.05) is 29.6 Å². The third kappa shape index (κ3) is 13.2. The summed E-state index contributed by atoms with van der Waals surface area (Å²) in [5.41, 5.74) is 5.09. The van der Waals surface area contributed by atoms with E-state index < -0.39 is 70.4 Å². The van der Waals surface area contributed by atoms with Gasteiger partial charge in [-0.25, -0.2) is 23.6 Å². The number of carbonyl (C=O) groups excluding carboxylic acids is 4. The number of halogens is 4. The number of carbonyl (C=O) groups is 4. The van der Waals surface area contributed by atoms with Gasteiger partial charge in [-0.2, -0.15) is 0 Å². The molecule has 328 valence electrons. The molecule has 5 rings (SSSR count). The molecule has 4 aromatic rings. The van der Waals surface area contributed by atoms with Crippen LogP contribution in [0.15, 0.2) is 60.1 Å². The van der Waals surface area contributed by atoms with Gasteiger partial charge in [0.2, 0.25) is 17.7 Å². The fraction of sp³-hybridized carbons (Fsp3) is 0.405. The average Bonchev–Trinajstić information content (AvgIpc) is 3.83. The number of aliphatic hydroxyl groups is 1. The Labute approximate surface area is 369 Å². The maximum Gasteiger partial charge on any atom is 0.277 e. The smallest absolute Gasteiger partial charge is 0.277 e. The number of hydrogen-bond donors (Lipinski definition) is 6. The summed E-state index contributed by atoms with van der Waals surface area (Å²) in [6, 6.07) is 11.8. The number of β-amino-alcohol motifs (C(OH)–C–C–N with tert-alkyl or cyclic N) is 1. The van der Waals surface area contributed by atoms with Crippen LogP contribution in [0.5, 0.6) is 0 Å². The van der Waals surface area contributed by atoms with Gasteiger partial charge in [0.25, 0.3) is 5.91 Å². The molecule has 14 nitrogen and oxygen atoms in total. The Bertz CT molecular complexity index is 2170. The monoisotopic (exact) mass is 979 g/mol. The van der Waals surface area contributed by atoms with Crippen molar-refractivity contribution in [3.05, 3.63) is 98.0 Å². The Morgan fingerprint density at radius 3 is 2.46 bits per heavy atom. The molecule has 0 bridgehead atoms. The van der Waals surface area contributed by atoms with Gasteiger partial charge in [0.15, 0.2) is 11.6 Å². The van der Waals surface area contributed by atoms with Crippen LogP contribution in [0.1, 0.15) is 55.2 Å². The van der Waals surface area contributed by atoms with Gasteiger partial charge in [-0.3, -0.25) is 24.0 Å². The van der Waals surface area contributed by atoms with Crippen molar-refractivity contribution in [2.45, 2.75) is 65.3 Å². The number of benzene rings is 3. The zero-order valence-corrected chi connectivity index (χ0v) is 37.1.